The molecule has 0 radical (unpaired) electrons. The maximum atomic E-state index is 14.0. The van der Waals surface area contributed by atoms with Gasteiger partial charge in [0.15, 0.2) is 5.82 Å². The molecule has 1 aliphatic carbocycles. The third kappa shape index (κ3) is 1.70. The Morgan fingerprint density at radius 3 is 2.84 bits per heavy atom. The Morgan fingerprint density at radius 2 is 2.16 bits per heavy atom. The molecule has 1 aromatic heterocycles. The number of benzene rings is 1. The highest BCUT2D eigenvalue weighted by Crippen LogP contribution is 2.42. The molecule has 2 aromatic rings. The number of hydrogen-bond donors (Lipinski definition) is 1. The lowest BCUT2D eigenvalue weighted by atomic mass is 10.0. The van der Waals surface area contributed by atoms with Crippen LogP contribution in [0.4, 0.5) is 4.39 Å². The number of hydrogen-bond acceptors (Lipinski definition) is 2. The zero-order chi connectivity index (χ0) is 13.0. The van der Waals surface area contributed by atoms with Gasteiger partial charge in [0.05, 0.1) is 5.52 Å². The van der Waals surface area contributed by atoms with E-state index in [0.29, 0.717) is 23.5 Å². The van der Waals surface area contributed by atoms with Crippen molar-refractivity contribution in [1.29, 1.82) is 0 Å². The van der Waals surface area contributed by atoms with Gasteiger partial charge < -0.3 is 9.88 Å². The summed E-state index contributed by atoms with van der Waals surface area (Å²) in [6.45, 7) is 3.23. The van der Waals surface area contributed by atoms with Crippen molar-refractivity contribution in [2.45, 2.75) is 44.2 Å². The molecule has 2 unspecified atom stereocenters. The lowest BCUT2D eigenvalue weighted by Crippen LogP contribution is -2.23. The Kier molecular flexibility index (Phi) is 2.42. The van der Waals surface area contributed by atoms with Crippen molar-refractivity contribution in [2.24, 2.45) is 0 Å². The number of nitrogens with one attached hydrogen (secondary N) is 1. The van der Waals surface area contributed by atoms with Crippen LogP contribution in [0.3, 0.4) is 0 Å². The molecule has 19 heavy (non-hydrogen) atoms. The van der Waals surface area contributed by atoms with E-state index in [9.17, 15) is 4.39 Å². The molecule has 0 bridgehead atoms. The van der Waals surface area contributed by atoms with Gasteiger partial charge in [-0.05, 0) is 44.9 Å². The first-order valence-electron chi connectivity index (χ1n) is 7.15. The van der Waals surface area contributed by atoms with Crippen LogP contribution in [0.5, 0.6) is 0 Å². The zero-order valence-electron chi connectivity index (χ0n) is 11.1. The summed E-state index contributed by atoms with van der Waals surface area (Å²) in [6, 6.07) is 6.26. The van der Waals surface area contributed by atoms with Crippen LogP contribution in [0.2, 0.25) is 0 Å². The highest BCUT2D eigenvalue weighted by atomic mass is 19.1. The summed E-state index contributed by atoms with van der Waals surface area (Å²) in [7, 11) is 0. The number of rotatable bonds is 2. The van der Waals surface area contributed by atoms with E-state index in [0.717, 1.165) is 24.3 Å². The van der Waals surface area contributed by atoms with Gasteiger partial charge in [0.1, 0.15) is 11.3 Å². The fourth-order valence-corrected chi connectivity index (χ4v) is 3.29. The fourth-order valence-electron chi connectivity index (χ4n) is 3.29. The van der Waals surface area contributed by atoms with E-state index in [1.807, 2.05) is 6.07 Å². The second-order valence-corrected chi connectivity index (χ2v) is 5.82. The number of imidazole rings is 1. The summed E-state index contributed by atoms with van der Waals surface area (Å²) >= 11 is 0. The van der Waals surface area contributed by atoms with E-state index in [1.54, 1.807) is 6.07 Å². The Morgan fingerprint density at radius 1 is 1.32 bits per heavy atom. The quantitative estimate of drug-likeness (QED) is 0.898. The molecule has 0 spiro atoms. The normalized spacial score (nSPS) is 27.3. The molecule has 4 rings (SSSR count). The van der Waals surface area contributed by atoms with Gasteiger partial charge in [-0.3, -0.25) is 0 Å². The number of para-hydroxylation sites is 1. The van der Waals surface area contributed by atoms with Gasteiger partial charge in [-0.25, -0.2) is 9.37 Å². The van der Waals surface area contributed by atoms with E-state index in [4.69, 9.17) is 0 Å². The molecule has 2 fully saturated rings. The maximum Gasteiger partial charge on any atom is 0.151 e. The number of halogens is 1. The van der Waals surface area contributed by atoms with Crippen molar-refractivity contribution in [2.75, 3.05) is 6.54 Å². The minimum atomic E-state index is -0.197. The highest BCUT2D eigenvalue weighted by molar-refractivity contribution is 5.77. The van der Waals surface area contributed by atoms with Gasteiger partial charge in [-0.2, -0.15) is 0 Å². The monoisotopic (exact) mass is 259 g/mol. The third-order valence-corrected chi connectivity index (χ3v) is 4.47. The smallest absolute Gasteiger partial charge is 0.151 e. The summed E-state index contributed by atoms with van der Waals surface area (Å²) in [5, 5.41) is 3.47. The Balaban J connectivity index is 1.93. The first-order valence-corrected chi connectivity index (χ1v) is 7.15. The molecule has 100 valence electrons. The first-order chi connectivity index (χ1) is 9.25. The second-order valence-electron chi connectivity index (χ2n) is 5.82. The van der Waals surface area contributed by atoms with E-state index >= 15 is 0 Å². The molecule has 1 aromatic carbocycles. The molecule has 2 aliphatic rings. The summed E-state index contributed by atoms with van der Waals surface area (Å²) < 4.78 is 16.3. The van der Waals surface area contributed by atoms with E-state index in [1.165, 1.54) is 18.9 Å². The molecule has 1 saturated carbocycles. The van der Waals surface area contributed by atoms with Gasteiger partial charge in [0.25, 0.3) is 0 Å². The summed E-state index contributed by atoms with van der Waals surface area (Å²) in [4.78, 5) is 4.65. The Hall–Kier alpha value is -1.42. The lowest BCUT2D eigenvalue weighted by molar-refractivity contribution is 0.538. The number of fused-ring (bicyclic) bond motifs is 1. The topological polar surface area (TPSA) is 29.9 Å². The molecule has 2 heterocycles. The van der Waals surface area contributed by atoms with Crippen LogP contribution in [-0.4, -0.2) is 22.1 Å². The predicted octanol–water partition coefficient (Wildman–Crippen LogP) is 2.98. The predicted molar refractivity (Wildman–Crippen MR) is 72.8 cm³/mol. The second kappa shape index (κ2) is 4.04. The fraction of sp³-hybridized carbons (Fsp3) is 0.533. The minimum Gasteiger partial charge on any atom is -0.324 e. The number of nitrogens with zero attached hydrogens (tertiary/aromatic N) is 2. The molecular weight excluding hydrogens is 241 g/mol. The molecule has 0 amide bonds. The first kappa shape index (κ1) is 11.4. The largest absolute Gasteiger partial charge is 0.324 e. The van der Waals surface area contributed by atoms with E-state index in [2.05, 4.69) is 21.8 Å². The highest BCUT2D eigenvalue weighted by Gasteiger charge is 2.35. The van der Waals surface area contributed by atoms with Crippen molar-refractivity contribution in [3.8, 4) is 0 Å². The van der Waals surface area contributed by atoms with Crippen LogP contribution in [0.25, 0.3) is 11.0 Å². The maximum absolute atomic E-state index is 14.0. The van der Waals surface area contributed by atoms with Crippen molar-refractivity contribution in [3.05, 3.63) is 29.8 Å². The summed E-state index contributed by atoms with van der Waals surface area (Å²) in [6.07, 6.45) is 3.49. The van der Waals surface area contributed by atoms with Gasteiger partial charge in [0, 0.05) is 18.0 Å². The van der Waals surface area contributed by atoms with Crippen molar-refractivity contribution in [1.82, 2.24) is 14.9 Å². The lowest BCUT2D eigenvalue weighted by Gasteiger charge is -2.16. The molecular formula is C15H18FN3. The standard InChI is InChI=1S/C15H18FN3/c1-9-11(7-8-17-9)15-18-14-12(16)3-2-4-13(14)19(15)10-5-6-10/h2-4,9-11,17H,5-8H2,1H3. The van der Waals surface area contributed by atoms with Crippen molar-refractivity contribution in [3.63, 3.8) is 0 Å². The van der Waals surface area contributed by atoms with Crippen LogP contribution >= 0.6 is 0 Å². The van der Waals surface area contributed by atoms with Crippen LogP contribution in [0.1, 0.15) is 44.0 Å². The van der Waals surface area contributed by atoms with Crippen LogP contribution in [0, 0.1) is 5.82 Å². The van der Waals surface area contributed by atoms with Gasteiger partial charge >= 0.3 is 0 Å². The SMILES string of the molecule is CC1NCCC1c1nc2c(F)cccc2n1C1CC1. The Bertz CT molecular complexity index is 630. The van der Waals surface area contributed by atoms with Gasteiger partial charge in [-0.1, -0.05) is 6.07 Å². The average Bonchev–Trinajstić information content (AvgIpc) is 3.02. The summed E-state index contributed by atoms with van der Waals surface area (Å²) in [5.41, 5.74) is 1.51. The summed E-state index contributed by atoms with van der Waals surface area (Å²) in [5.74, 6) is 1.30. The third-order valence-electron chi connectivity index (χ3n) is 4.47. The van der Waals surface area contributed by atoms with Crippen LogP contribution < -0.4 is 5.32 Å². The molecule has 2 atom stereocenters. The molecule has 3 nitrogen and oxygen atoms in total. The molecule has 4 heteroatoms. The minimum absolute atomic E-state index is 0.197. The zero-order valence-corrected chi connectivity index (χ0v) is 11.1. The number of aromatic nitrogens is 2. The average molecular weight is 259 g/mol. The van der Waals surface area contributed by atoms with E-state index < -0.39 is 0 Å². The molecule has 1 aliphatic heterocycles. The molecule has 1 N–H and O–H groups in total. The Labute approximate surface area is 111 Å². The molecule has 1 saturated heterocycles. The van der Waals surface area contributed by atoms with Crippen molar-refractivity contribution >= 4 is 11.0 Å². The van der Waals surface area contributed by atoms with Gasteiger partial charge in [0.2, 0.25) is 0 Å². The van der Waals surface area contributed by atoms with Crippen LogP contribution in [-0.2, 0) is 0 Å². The van der Waals surface area contributed by atoms with Gasteiger partial charge in [-0.15, -0.1) is 0 Å². The van der Waals surface area contributed by atoms with Crippen molar-refractivity contribution < 1.29 is 4.39 Å². The van der Waals surface area contributed by atoms with E-state index in [-0.39, 0.29) is 5.82 Å². The van der Waals surface area contributed by atoms with Crippen LogP contribution in [0.15, 0.2) is 18.2 Å².